The van der Waals surface area contributed by atoms with Gasteiger partial charge in [0.2, 0.25) is 0 Å². The van der Waals surface area contributed by atoms with Crippen molar-refractivity contribution in [3.05, 3.63) is 0 Å². The van der Waals surface area contributed by atoms with Crippen LogP contribution in [0.2, 0.25) is 0 Å². The van der Waals surface area contributed by atoms with Crippen LogP contribution in [0.4, 0.5) is 0 Å². The number of ether oxygens (including phenoxy) is 1. The van der Waals surface area contributed by atoms with E-state index in [4.69, 9.17) is 4.74 Å². The van der Waals surface area contributed by atoms with Crippen LogP contribution in [0.3, 0.4) is 0 Å². The number of aliphatic hydroxyl groups is 2. The first-order valence-corrected chi connectivity index (χ1v) is 8.29. The highest BCUT2D eigenvalue weighted by molar-refractivity contribution is 4.91. The van der Waals surface area contributed by atoms with Crippen LogP contribution in [-0.4, -0.2) is 59.2 Å². The summed E-state index contributed by atoms with van der Waals surface area (Å²) in [5.41, 5.74) is 0. The van der Waals surface area contributed by atoms with Gasteiger partial charge in [0.1, 0.15) is 0 Å². The van der Waals surface area contributed by atoms with Crippen molar-refractivity contribution in [2.24, 2.45) is 5.92 Å². The second-order valence-corrected chi connectivity index (χ2v) is 6.76. The van der Waals surface area contributed by atoms with Gasteiger partial charge in [-0.2, -0.15) is 0 Å². The van der Waals surface area contributed by atoms with Gasteiger partial charge in [-0.25, -0.2) is 0 Å². The largest absolute Gasteiger partial charge is 0.393 e. The highest BCUT2D eigenvalue weighted by Gasteiger charge is 2.37. The molecular weight excluding hydrogens is 254 g/mol. The van der Waals surface area contributed by atoms with Crippen LogP contribution in [0.15, 0.2) is 0 Å². The second-order valence-electron chi connectivity index (χ2n) is 6.76. The average Bonchev–Trinajstić information content (AvgIpc) is 2.85. The average molecular weight is 285 g/mol. The third-order valence-corrected chi connectivity index (χ3v) is 4.76. The number of rotatable bonds is 6. The zero-order chi connectivity index (χ0) is 14.5. The predicted octanol–water partition coefficient (Wildman–Crippen LogP) is 1.79. The Balaban J connectivity index is 1.83. The fourth-order valence-electron chi connectivity index (χ4n) is 3.78. The molecule has 2 rings (SSSR count). The molecule has 0 aromatic rings. The smallest absolute Gasteiger partial charge is 0.0900 e. The molecule has 0 spiro atoms. The lowest BCUT2D eigenvalue weighted by Gasteiger charge is -2.38. The summed E-state index contributed by atoms with van der Waals surface area (Å²) in [5.74, 6) is 0.407. The zero-order valence-corrected chi connectivity index (χ0v) is 13.0. The fourth-order valence-corrected chi connectivity index (χ4v) is 3.78. The lowest BCUT2D eigenvalue weighted by Crippen LogP contribution is -2.46. The standard InChI is InChI=1S/C16H31NO3/c1-12(2)20-11-13(18)10-17-9-5-7-15(17)14-6-3-4-8-16(14)19/h12-16,18-19H,3-11H2,1-2H3. The molecule has 2 fully saturated rings. The highest BCUT2D eigenvalue weighted by atomic mass is 16.5. The quantitative estimate of drug-likeness (QED) is 0.781. The van der Waals surface area contributed by atoms with Gasteiger partial charge in [0.25, 0.3) is 0 Å². The first-order chi connectivity index (χ1) is 9.58. The Hall–Kier alpha value is -0.160. The molecule has 0 aromatic heterocycles. The molecule has 0 aromatic carbocycles. The lowest BCUT2D eigenvalue weighted by molar-refractivity contribution is -0.0254. The van der Waals surface area contributed by atoms with Gasteiger partial charge in [0.15, 0.2) is 0 Å². The Labute approximate surface area is 123 Å². The summed E-state index contributed by atoms with van der Waals surface area (Å²) in [6, 6.07) is 0.457. The number of nitrogens with zero attached hydrogens (tertiary/aromatic N) is 1. The summed E-state index contributed by atoms with van der Waals surface area (Å²) in [4.78, 5) is 2.38. The molecule has 0 radical (unpaired) electrons. The zero-order valence-electron chi connectivity index (χ0n) is 13.0. The van der Waals surface area contributed by atoms with Crippen LogP contribution < -0.4 is 0 Å². The van der Waals surface area contributed by atoms with Crippen LogP contribution in [-0.2, 0) is 4.74 Å². The minimum atomic E-state index is -0.418. The minimum Gasteiger partial charge on any atom is -0.393 e. The van der Waals surface area contributed by atoms with E-state index in [9.17, 15) is 10.2 Å². The molecule has 1 aliphatic carbocycles. The van der Waals surface area contributed by atoms with E-state index < -0.39 is 6.10 Å². The van der Waals surface area contributed by atoms with Crippen molar-refractivity contribution in [3.63, 3.8) is 0 Å². The third-order valence-electron chi connectivity index (χ3n) is 4.76. The van der Waals surface area contributed by atoms with Crippen molar-refractivity contribution in [2.45, 2.75) is 76.7 Å². The number of aliphatic hydroxyl groups excluding tert-OH is 2. The number of likely N-dealkylation sites (tertiary alicyclic amines) is 1. The number of β-amino-alcohol motifs (C(OH)–C–C–N with tert-alkyl or cyclic N) is 1. The normalized spacial score (nSPS) is 33.8. The molecule has 1 saturated carbocycles. The molecular formula is C16H31NO3. The van der Waals surface area contributed by atoms with Gasteiger partial charge in [-0.1, -0.05) is 12.8 Å². The maximum absolute atomic E-state index is 10.2. The van der Waals surface area contributed by atoms with E-state index in [2.05, 4.69) is 4.90 Å². The molecule has 1 saturated heterocycles. The van der Waals surface area contributed by atoms with Crippen LogP contribution in [0.1, 0.15) is 52.4 Å². The molecule has 4 nitrogen and oxygen atoms in total. The predicted molar refractivity (Wildman–Crippen MR) is 79.7 cm³/mol. The monoisotopic (exact) mass is 285 g/mol. The van der Waals surface area contributed by atoms with Crippen LogP contribution in [0.5, 0.6) is 0 Å². The van der Waals surface area contributed by atoms with E-state index >= 15 is 0 Å². The molecule has 4 unspecified atom stereocenters. The summed E-state index contributed by atoms with van der Waals surface area (Å²) in [5, 5.41) is 20.4. The molecule has 0 amide bonds. The van der Waals surface area contributed by atoms with Crippen molar-refractivity contribution in [1.29, 1.82) is 0 Å². The molecule has 2 aliphatic rings. The van der Waals surface area contributed by atoms with Crippen LogP contribution >= 0.6 is 0 Å². The first kappa shape index (κ1) is 16.2. The summed E-state index contributed by atoms with van der Waals surface area (Å²) >= 11 is 0. The van der Waals surface area contributed by atoms with E-state index in [1.54, 1.807) is 0 Å². The van der Waals surface area contributed by atoms with Gasteiger partial charge in [-0.15, -0.1) is 0 Å². The van der Waals surface area contributed by atoms with Crippen molar-refractivity contribution < 1.29 is 14.9 Å². The van der Waals surface area contributed by atoms with Crippen LogP contribution in [0.25, 0.3) is 0 Å². The van der Waals surface area contributed by atoms with E-state index in [0.717, 1.165) is 25.8 Å². The maximum Gasteiger partial charge on any atom is 0.0900 e. The lowest BCUT2D eigenvalue weighted by atomic mass is 9.80. The number of hydrogen-bond donors (Lipinski definition) is 2. The van der Waals surface area contributed by atoms with Gasteiger partial charge in [0.05, 0.1) is 24.9 Å². The minimum absolute atomic E-state index is 0.140. The first-order valence-electron chi connectivity index (χ1n) is 8.29. The van der Waals surface area contributed by atoms with Crippen molar-refractivity contribution in [3.8, 4) is 0 Å². The Morgan fingerprint density at radius 3 is 2.60 bits per heavy atom. The van der Waals surface area contributed by atoms with Crippen molar-refractivity contribution >= 4 is 0 Å². The summed E-state index contributed by atoms with van der Waals surface area (Å²) in [7, 11) is 0. The molecule has 4 atom stereocenters. The molecule has 0 bridgehead atoms. The Bertz CT molecular complexity index is 285. The van der Waals surface area contributed by atoms with E-state index in [-0.39, 0.29) is 12.2 Å². The Kier molecular flexibility index (Phi) is 6.27. The highest BCUT2D eigenvalue weighted by Crippen LogP contribution is 2.34. The van der Waals surface area contributed by atoms with Gasteiger partial charge >= 0.3 is 0 Å². The molecule has 2 N–H and O–H groups in total. The summed E-state index contributed by atoms with van der Waals surface area (Å²) in [6.45, 7) is 6.12. The maximum atomic E-state index is 10.2. The molecule has 1 heterocycles. The molecule has 4 heteroatoms. The van der Waals surface area contributed by atoms with Gasteiger partial charge in [-0.3, -0.25) is 4.90 Å². The molecule has 118 valence electrons. The van der Waals surface area contributed by atoms with E-state index in [0.29, 0.717) is 25.1 Å². The molecule has 1 aliphatic heterocycles. The fraction of sp³-hybridized carbons (Fsp3) is 1.00. The molecule has 20 heavy (non-hydrogen) atoms. The van der Waals surface area contributed by atoms with Gasteiger partial charge in [0, 0.05) is 18.5 Å². The topological polar surface area (TPSA) is 52.9 Å². The van der Waals surface area contributed by atoms with E-state index in [1.165, 1.54) is 19.3 Å². The van der Waals surface area contributed by atoms with Crippen molar-refractivity contribution in [2.75, 3.05) is 19.7 Å². The number of hydrogen-bond acceptors (Lipinski definition) is 4. The summed E-state index contributed by atoms with van der Waals surface area (Å²) < 4.78 is 5.49. The van der Waals surface area contributed by atoms with Gasteiger partial charge in [-0.05, 0) is 46.1 Å². The van der Waals surface area contributed by atoms with Crippen molar-refractivity contribution in [1.82, 2.24) is 4.90 Å². The SMILES string of the molecule is CC(C)OCC(O)CN1CCCC1C1CCCCC1O. The Morgan fingerprint density at radius 1 is 1.15 bits per heavy atom. The third kappa shape index (κ3) is 4.42. The summed E-state index contributed by atoms with van der Waals surface area (Å²) in [6.07, 6.45) is 6.46. The van der Waals surface area contributed by atoms with Gasteiger partial charge < -0.3 is 14.9 Å². The Morgan fingerprint density at radius 2 is 1.90 bits per heavy atom. The van der Waals surface area contributed by atoms with Crippen LogP contribution in [0, 0.1) is 5.92 Å². The van der Waals surface area contributed by atoms with E-state index in [1.807, 2.05) is 13.8 Å². The second kappa shape index (κ2) is 7.74.